The average molecular weight is 355 g/mol. The van der Waals surface area contributed by atoms with E-state index in [0.717, 1.165) is 5.56 Å². The molecule has 0 aromatic heterocycles. The number of carbonyl (C=O) groups is 2. The fourth-order valence-corrected chi connectivity index (χ4v) is 2.82. The van der Waals surface area contributed by atoms with Gasteiger partial charge in [0.05, 0.1) is 25.9 Å². The quantitative estimate of drug-likeness (QED) is 0.745. The van der Waals surface area contributed by atoms with Crippen LogP contribution in [-0.2, 0) is 9.53 Å². The van der Waals surface area contributed by atoms with Crippen molar-refractivity contribution in [1.82, 2.24) is 4.90 Å². The first-order chi connectivity index (χ1) is 12.7. The summed E-state index contributed by atoms with van der Waals surface area (Å²) in [5, 5.41) is 0. The normalized spacial score (nSPS) is 15.2. The number of rotatable bonds is 6. The van der Waals surface area contributed by atoms with Crippen LogP contribution in [0.3, 0.4) is 0 Å². The second kappa shape index (κ2) is 8.49. The first-order valence-electron chi connectivity index (χ1n) is 8.44. The van der Waals surface area contributed by atoms with Crippen LogP contribution in [0.1, 0.15) is 22.0 Å². The molecule has 6 nitrogen and oxygen atoms in total. The summed E-state index contributed by atoms with van der Waals surface area (Å²) in [7, 11) is 1.53. The molecule has 6 heteroatoms. The summed E-state index contributed by atoms with van der Waals surface area (Å²) >= 11 is 0. The van der Waals surface area contributed by atoms with Gasteiger partial charge in [0, 0.05) is 18.7 Å². The number of benzene rings is 2. The number of aldehydes is 1. The van der Waals surface area contributed by atoms with Gasteiger partial charge in [-0.3, -0.25) is 9.59 Å². The maximum Gasteiger partial charge on any atom is 0.268 e. The number of amides is 1. The SMILES string of the molecule is COc1ccc(O[C@@H](C(=O)N2CCOCC2)c2ccccc2)c(C=O)c1. The van der Waals surface area contributed by atoms with Crippen LogP contribution < -0.4 is 9.47 Å². The topological polar surface area (TPSA) is 65.1 Å². The highest BCUT2D eigenvalue weighted by Crippen LogP contribution is 2.29. The molecule has 1 aliphatic rings. The van der Waals surface area contributed by atoms with Gasteiger partial charge in [-0.1, -0.05) is 30.3 Å². The van der Waals surface area contributed by atoms with Gasteiger partial charge < -0.3 is 19.1 Å². The van der Waals surface area contributed by atoms with Crippen molar-refractivity contribution in [3.63, 3.8) is 0 Å². The summed E-state index contributed by atoms with van der Waals surface area (Å²) in [5.41, 5.74) is 1.07. The second-order valence-corrected chi connectivity index (χ2v) is 5.87. The predicted molar refractivity (Wildman–Crippen MR) is 95.6 cm³/mol. The summed E-state index contributed by atoms with van der Waals surface area (Å²) < 4.78 is 16.5. The molecule has 136 valence electrons. The van der Waals surface area contributed by atoms with Crippen LogP contribution in [0.2, 0.25) is 0 Å². The summed E-state index contributed by atoms with van der Waals surface area (Å²) in [6.07, 6.45) is -0.138. The summed E-state index contributed by atoms with van der Waals surface area (Å²) in [6.45, 7) is 2.06. The molecule has 1 aliphatic heterocycles. The number of methoxy groups -OCH3 is 1. The highest BCUT2D eigenvalue weighted by Gasteiger charge is 2.29. The number of hydrogen-bond acceptors (Lipinski definition) is 5. The van der Waals surface area contributed by atoms with E-state index in [4.69, 9.17) is 14.2 Å². The lowest BCUT2D eigenvalue weighted by Gasteiger charge is -2.31. The predicted octanol–water partition coefficient (Wildman–Crippen LogP) is 2.49. The van der Waals surface area contributed by atoms with E-state index < -0.39 is 6.10 Å². The molecular formula is C20H21NO5. The van der Waals surface area contributed by atoms with Crippen molar-refractivity contribution in [2.45, 2.75) is 6.10 Å². The molecule has 0 aliphatic carbocycles. The lowest BCUT2D eigenvalue weighted by Crippen LogP contribution is -2.44. The molecule has 2 aromatic rings. The lowest BCUT2D eigenvalue weighted by atomic mass is 10.1. The van der Waals surface area contributed by atoms with E-state index in [1.165, 1.54) is 7.11 Å². The van der Waals surface area contributed by atoms with E-state index in [0.29, 0.717) is 49.7 Å². The Labute approximate surface area is 152 Å². The van der Waals surface area contributed by atoms with Crippen LogP contribution in [0, 0.1) is 0 Å². The van der Waals surface area contributed by atoms with Gasteiger partial charge in [-0.15, -0.1) is 0 Å². The average Bonchev–Trinajstić information content (AvgIpc) is 2.72. The van der Waals surface area contributed by atoms with Crippen LogP contribution in [0.4, 0.5) is 0 Å². The van der Waals surface area contributed by atoms with E-state index in [1.807, 2.05) is 30.3 Å². The first kappa shape index (κ1) is 17.9. The zero-order valence-electron chi connectivity index (χ0n) is 14.6. The Hall–Kier alpha value is -2.86. The van der Waals surface area contributed by atoms with E-state index in [-0.39, 0.29) is 5.91 Å². The monoisotopic (exact) mass is 355 g/mol. The minimum atomic E-state index is -0.832. The van der Waals surface area contributed by atoms with Crippen molar-refractivity contribution in [3.8, 4) is 11.5 Å². The summed E-state index contributed by atoms with van der Waals surface area (Å²) in [4.78, 5) is 26.2. The smallest absolute Gasteiger partial charge is 0.268 e. The molecule has 2 aromatic carbocycles. The fraction of sp³-hybridized carbons (Fsp3) is 0.300. The first-order valence-corrected chi connectivity index (χ1v) is 8.44. The zero-order valence-corrected chi connectivity index (χ0v) is 14.6. The van der Waals surface area contributed by atoms with Gasteiger partial charge in [-0.2, -0.15) is 0 Å². The van der Waals surface area contributed by atoms with Gasteiger partial charge in [-0.05, 0) is 18.2 Å². The van der Waals surface area contributed by atoms with Crippen molar-refractivity contribution in [2.75, 3.05) is 33.4 Å². The Morgan fingerprint density at radius 1 is 1.15 bits per heavy atom. The van der Waals surface area contributed by atoms with Crippen LogP contribution in [-0.4, -0.2) is 50.5 Å². The Balaban J connectivity index is 1.91. The maximum atomic E-state index is 13.1. The zero-order chi connectivity index (χ0) is 18.4. The third-order valence-electron chi connectivity index (χ3n) is 4.24. The molecule has 0 unspecified atom stereocenters. The molecule has 3 rings (SSSR count). The van der Waals surface area contributed by atoms with Crippen molar-refractivity contribution in [3.05, 3.63) is 59.7 Å². The third kappa shape index (κ3) is 4.03. The van der Waals surface area contributed by atoms with Crippen molar-refractivity contribution in [1.29, 1.82) is 0 Å². The van der Waals surface area contributed by atoms with Crippen molar-refractivity contribution in [2.24, 2.45) is 0 Å². The lowest BCUT2D eigenvalue weighted by molar-refractivity contribution is -0.143. The van der Waals surface area contributed by atoms with Crippen LogP contribution in [0.15, 0.2) is 48.5 Å². The van der Waals surface area contributed by atoms with Gasteiger partial charge in [0.15, 0.2) is 6.29 Å². The summed E-state index contributed by atoms with van der Waals surface area (Å²) in [5.74, 6) is 0.749. The number of morpholine rings is 1. The van der Waals surface area contributed by atoms with E-state index in [1.54, 1.807) is 23.1 Å². The Kier molecular flexibility index (Phi) is 5.86. The van der Waals surface area contributed by atoms with Gasteiger partial charge >= 0.3 is 0 Å². The second-order valence-electron chi connectivity index (χ2n) is 5.87. The molecule has 1 amide bonds. The number of hydrogen-bond donors (Lipinski definition) is 0. The molecule has 26 heavy (non-hydrogen) atoms. The standard InChI is InChI=1S/C20H21NO5/c1-24-17-7-8-18(16(13-17)14-22)26-19(15-5-3-2-4-6-15)20(23)21-9-11-25-12-10-21/h2-8,13-14,19H,9-12H2,1H3/t19-/m1/s1. The van der Waals surface area contributed by atoms with E-state index in [2.05, 4.69) is 0 Å². The van der Waals surface area contributed by atoms with Crippen molar-refractivity contribution >= 4 is 12.2 Å². The van der Waals surface area contributed by atoms with Gasteiger partial charge in [-0.25, -0.2) is 0 Å². The van der Waals surface area contributed by atoms with E-state index in [9.17, 15) is 9.59 Å². The van der Waals surface area contributed by atoms with Gasteiger partial charge in [0.2, 0.25) is 6.10 Å². The number of ether oxygens (including phenoxy) is 3. The molecule has 1 saturated heterocycles. The molecule has 0 bridgehead atoms. The number of carbonyl (C=O) groups excluding carboxylic acids is 2. The Morgan fingerprint density at radius 2 is 1.88 bits per heavy atom. The molecule has 1 atom stereocenters. The molecule has 0 saturated carbocycles. The molecule has 0 N–H and O–H groups in total. The minimum absolute atomic E-state index is 0.146. The molecule has 1 heterocycles. The largest absolute Gasteiger partial charge is 0.497 e. The Bertz CT molecular complexity index is 756. The van der Waals surface area contributed by atoms with Gasteiger partial charge in [0.25, 0.3) is 5.91 Å². The van der Waals surface area contributed by atoms with Crippen molar-refractivity contribution < 1.29 is 23.8 Å². The molecule has 0 spiro atoms. The molecule has 1 fully saturated rings. The van der Waals surface area contributed by atoms with Crippen LogP contribution >= 0.6 is 0 Å². The third-order valence-corrected chi connectivity index (χ3v) is 4.24. The highest BCUT2D eigenvalue weighted by atomic mass is 16.5. The summed E-state index contributed by atoms with van der Waals surface area (Å²) in [6, 6.07) is 14.2. The molecular weight excluding hydrogens is 334 g/mol. The van der Waals surface area contributed by atoms with Gasteiger partial charge in [0.1, 0.15) is 11.5 Å². The van der Waals surface area contributed by atoms with Crippen LogP contribution in [0.5, 0.6) is 11.5 Å². The maximum absolute atomic E-state index is 13.1. The number of nitrogens with zero attached hydrogens (tertiary/aromatic N) is 1. The van der Waals surface area contributed by atoms with Crippen LogP contribution in [0.25, 0.3) is 0 Å². The van der Waals surface area contributed by atoms with E-state index >= 15 is 0 Å². The highest BCUT2D eigenvalue weighted by molar-refractivity contribution is 5.84. The Morgan fingerprint density at radius 3 is 2.54 bits per heavy atom. The minimum Gasteiger partial charge on any atom is -0.497 e. The molecule has 0 radical (unpaired) electrons. The fourth-order valence-electron chi connectivity index (χ4n) is 2.82.